The van der Waals surface area contributed by atoms with Crippen LogP contribution >= 0.6 is 0 Å². The Balaban J connectivity index is 2.19. The van der Waals surface area contributed by atoms with Crippen LogP contribution in [0, 0.1) is 6.92 Å². The minimum absolute atomic E-state index is 0.382. The molecule has 0 aliphatic heterocycles. The van der Waals surface area contributed by atoms with Crippen molar-refractivity contribution in [3.63, 3.8) is 0 Å². The number of anilines is 2. The molecule has 0 atom stereocenters. The van der Waals surface area contributed by atoms with Gasteiger partial charge in [0.15, 0.2) is 5.65 Å². The third-order valence-corrected chi connectivity index (χ3v) is 2.82. The first-order chi connectivity index (χ1) is 8.63. The third-order valence-electron chi connectivity index (χ3n) is 2.82. The second-order valence-corrected chi connectivity index (χ2v) is 4.28. The maximum atomic E-state index is 5.87. The van der Waals surface area contributed by atoms with Crippen molar-refractivity contribution < 1.29 is 0 Å². The first-order valence-electron chi connectivity index (χ1n) is 5.62. The standard InChI is InChI=1S/C13H13N5/c1-8-2-4-9(5-3-8)11-7-18-13(16-11)10(14)6-12(15)17-18/h2-7H,14H2,1H3,(H2,15,17). The van der Waals surface area contributed by atoms with Crippen LogP contribution in [0.1, 0.15) is 5.56 Å². The number of imidazole rings is 1. The molecule has 0 bridgehead atoms. The minimum Gasteiger partial charge on any atom is -0.396 e. The highest BCUT2D eigenvalue weighted by atomic mass is 15.3. The van der Waals surface area contributed by atoms with Crippen LogP contribution < -0.4 is 11.5 Å². The topological polar surface area (TPSA) is 82.2 Å². The van der Waals surface area contributed by atoms with E-state index < -0.39 is 0 Å². The number of benzene rings is 1. The molecule has 0 unspecified atom stereocenters. The molecule has 90 valence electrons. The molecule has 18 heavy (non-hydrogen) atoms. The van der Waals surface area contributed by atoms with Crippen molar-refractivity contribution in [3.05, 3.63) is 42.1 Å². The molecule has 5 nitrogen and oxygen atoms in total. The van der Waals surface area contributed by atoms with Crippen molar-refractivity contribution in [2.45, 2.75) is 6.92 Å². The molecule has 0 spiro atoms. The van der Waals surface area contributed by atoms with E-state index in [1.165, 1.54) is 5.56 Å². The predicted octanol–water partition coefficient (Wildman–Crippen LogP) is 1.87. The molecule has 0 saturated carbocycles. The second-order valence-electron chi connectivity index (χ2n) is 4.28. The Kier molecular flexibility index (Phi) is 2.19. The number of nitrogens with zero attached hydrogens (tertiary/aromatic N) is 3. The first-order valence-corrected chi connectivity index (χ1v) is 5.62. The van der Waals surface area contributed by atoms with E-state index in [1.807, 2.05) is 37.4 Å². The van der Waals surface area contributed by atoms with Gasteiger partial charge in [-0.15, -0.1) is 5.10 Å². The Labute approximate surface area is 104 Å². The summed E-state index contributed by atoms with van der Waals surface area (Å²) in [6.07, 6.45) is 1.83. The molecule has 3 aromatic rings. The number of nitrogens with two attached hydrogens (primary N) is 2. The molecule has 1 aromatic carbocycles. The first kappa shape index (κ1) is 10.6. The van der Waals surface area contributed by atoms with Crippen molar-refractivity contribution in [3.8, 4) is 11.3 Å². The molecule has 0 aliphatic carbocycles. The monoisotopic (exact) mass is 239 g/mol. The molecule has 3 rings (SSSR count). The summed E-state index contributed by atoms with van der Waals surface area (Å²) in [5.41, 5.74) is 15.8. The Bertz CT molecular complexity index is 712. The summed E-state index contributed by atoms with van der Waals surface area (Å²) in [7, 11) is 0. The van der Waals surface area contributed by atoms with Crippen LogP contribution in [0.2, 0.25) is 0 Å². The van der Waals surface area contributed by atoms with Crippen molar-refractivity contribution in [2.75, 3.05) is 11.5 Å². The molecule has 0 fully saturated rings. The van der Waals surface area contributed by atoms with E-state index in [0.29, 0.717) is 17.2 Å². The molecule has 0 amide bonds. The minimum atomic E-state index is 0.382. The second kappa shape index (κ2) is 3.73. The van der Waals surface area contributed by atoms with E-state index in [9.17, 15) is 0 Å². The summed E-state index contributed by atoms with van der Waals surface area (Å²) >= 11 is 0. The van der Waals surface area contributed by atoms with Gasteiger partial charge in [-0.25, -0.2) is 9.50 Å². The molecule has 2 heterocycles. The Morgan fingerprint density at radius 2 is 1.83 bits per heavy atom. The van der Waals surface area contributed by atoms with Crippen LogP contribution in [-0.4, -0.2) is 14.6 Å². The van der Waals surface area contributed by atoms with E-state index >= 15 is 0 Å². The summed E-state index contributed by atoms with van der Waals surface area (Å²) in [6, 6.07) is 9.75. The quantitative estimate of drug-likeness (QED) is 0.679. The van der Waals surface area contributed by atoms with Crippen molar-refractivity contribution >= 4 is 17.2 Å². The van der Waals surface area contributed by atoms with Gasteiger partial charge in [0.05, 0.1) is 17.6 Å². The average molecular weight is 239 g/mol. The molecular weight excluding hydrogens is 226 g/mol. The maximum Gasteiger partial charge on any atom is 0.177 e. The summed E-state index contributed by atoms with van der Waals surface area (Å²) in [5.74, 6) is 0.382. The van der Waals surface area contributed by atoms with Gasteiger partial charge in [-0.05, 0) is 6.92 Å². The summed E-state index contributed by atoms with van der Waals surface area (Å²) in [5, 5.41) is 4.15. The molecule has 2 aromatic heterocycles. The Hall–Kier alpha value is -2.56. The van der Waals surface area contributed by atoms with Crippen molar-refractivity contribution in [1.82, 2.24) is 14.6 Å². The fourth-order valence-electron chi connectivity index (χ4n) is 1.88. The van der Waals surface area contributed by atoms with Crippen LogP contribution in [0.4, 0.5) is 11.5 Å². The van der Waals surface area contributed by atoms with Gasteiger partial charge in [-0.2, -0.15) is 0 Å². The van der Waals surface area contributed by atoms with Gasteiger partial charge in [0, 0.05) is 11.6 Å². The van der Waals surface area contributed by atoms with Crippen LogP contribution in [0.5, 0.6) is 0 Å². The van der Waals surface area contributed by atoms with Crippen molar-refractivity contribution in [2.24, 2.45) is 0 Å². The lowest BCUT2D eigenvalue weighted by Gasteiger charge is -1.97. The molecule has 0 aliphatic rings. The van der Waals surface area contributed by atoms with Crippen LogP contribution in [-0.2, 0) is 0 Å². The van der Waals surface area contributed by atoms with Gasteiger partial charge < -0.3 is 11.5 Å². The van der Waals surface area contributed by atoms with E-state index in [-0.39, 0.29) is 0 Å². The number of aryl methyl sites for hydroxylation is 1. The number of nitrogen functional groups attached to an aromatic ring is 2. The Morgan fingerprint density at radius 3 is 2.56 bits per heavy atom. The van der Waals surface area contributed by atoms with Gasteiger partial charge in [-0.3, -0.25) is 0 Å². The number of aromatic nitrogens is 3. The molecular formula is C13H13N5. The zero-order chi connectivity index (χ0) is 12.7. The van der Waals surface area contributed by atoms with E-state index in [1.54, 1.807) is 10.6 Å². The highest BCUT2D eigenvalue weighted by Crippen LogP contribution is 2.22. The number of hydrogen-bond donors (Lipinski definition) is 2. The number of hydrogen-bond acceptors (Lipinski definition) is 4. The van der Waals surface area contributed by atoms with Crippen LogP contribution in [0.25, 0.3) is 16.9 Å². The third kappa shape index (κ3) is 1.66. The normalized spacial score (nSPS) is 10.9. The van der Waals surface area contributed by atoms with Gasteiger partial charge in [0.25, 0.3) is 0 Å². The highest BCUT2D eigenvalue weighted by Gasteiger charge is 2.08. The van der Waals surface area contributed by atoms with Crippen molar-refractivity contribution in [1.29, 1.82) is 0 Å². The van der Waals surface area contributed by atoms with E-state index in [0.717, 1.165) is 11.3 Å². The van der Waals surface area contributed by atoms with Gasteiger partial charge in [0.2, 0.25) is 0 Å². The number of rotatable bonds is 1. The van der Waals surface area contributed by atoms with Gasteiger partial charge in [-0.1, -0.05) is 29.8 Å². The lowest BCUT2D eigenvalue weighted by Crippen LogP contribution is -2.00. The van der Waals surface area contributed by atoms with Crippen LogP contribution in [0.3, 0.4) is 0 Å². The van der Waals surface area contributed by atoms with Crippen LogP contribution in [0.15, 0.2) is 36.5 Å². The molecule has 0 saturated heterocycles. The van der Waals surface area contributed by atoms with E-state index in [2.05, 4.69) is 10.1 Å². The maximum absolute atomic E-state index is 5.87. The fourth-order valence-corrected chi connectivity index (χ4v) is 1.88. The Morgan fingerprint density at radius 1 is 1.11 bits per heavy atom. The fraction of sp³-hybridized carbons (Fsp3) is 0.0769. The summed E-state index contributed by atoms with van der Waals surface area (Å²) in [6.45, 7) is 2.05. The average Bonchev–Trinajstić information content (AvgIpc) is 2.74. The molecule has 5 heteroatoms. The largest absolute Gasteiger partial charge is 0.396 e. The van der Waals surface area contributed by atoms with E-state index in [4.69, 9.17) is 11.5 Å². The lowest BCUT2D eigenvalue weighted by molar-refractivity contribution is 0.948. The number of fused-ring (bicyclic) bond motifs is 1. The van der Waals surface area contributed by atoms with Gasteiger partial charge >= 0.3 is 0 Å². The summed E-state index contributed by atoms with van der Waals surface area (Å²) in [4.78, 5) is 4.47. The van der Waals surface area contributed by atoms with Gasteiger partial charge in [0.1, 0.15) is 5.82 Å². The zero-order valence-corrected chi connectivity index (χ0v) is 9.96. The molecule has 0 radical (unpaired) electrons. The smallest absolute Gasteiger partial charge is 0.177 e. The molecule has 4 N–H and O–H groups in total. The zero-order valence-electron chi connectivity index (χ0n) is 9.96. The lowest BCUT2D eigenvalue weighted by atomic mass is 10.1. The summed E-state index contributed by atoms with van der Waals surface area (Å²) < 4.78 is 1.61. The SMILES string of the molecule is Cc1ccc(-c2cn3nc(N)cc(N)c3n2)cc1. The predicted molar refractivity (Wildman–Crippen MR) is 72.0 cm³/mol. The highest BCUT2D eigenvalue weighted by molar-refractivity contribution is 5.72.